The number of ether oxygens (including phenoxy) is 2. The van der Waals surface area contributed by atoms with Crippen LogP contribution in [0.3, 0.4) is 0 Å². The van der Waals surface area contributed by atoms with Crippen molar-refractivity contribution in [1.29, 1.82) is 0 Å². The van der Waals surface area contributed by atoms with E-state index in [9.17, 15) is 27.6 Å². The molecule has 0 unspecified atom stereocenters. The SMILES string of the molecule is CN1C(=O)N(OS(=O)(=O)OCC(C)(C)CCOC(=O)CCCCC(=O)OCc2ccccc2)[C@@H]2CC[C@@]21C(N)=O. The Bertz CT molecular complexity index is 1190. The Kier molecular flexibility index (Phi) is 10.1. The molecule has 2 N–H and O–H groups in total. The molecule has 0 bridgehead atoms. The lowest BCUT2D eigenvalue weighted by Gasteiger charge is -2.44. The van der Waals surface area contributed by atoms with E-state index in [0.29, 0.717) is 37.2 Å². The van der Waals surface area contributed by atoms with Crippen LogP contribution in [0.15, 0.2) is 30.3 Å². The normalized spacial score (nSPS) is 20.6. The van der Waals surface area contributed by atoms with Gasteiger partial charge in [-0.25, -0.2) is 8.98 Å². The number of hydrogen-bond donors (Lipinski definition) is 1. The minimum atomic E-state index is -4.63. The number of likely N-dealkylation sites (N-methyl/N-ethyl adjacent to an activating group) is 1. The largest absolute Gasteiger partial charge is 0.466 e. The number of esters is 2. The summed E-state index contributed by atoms with van der Waals surface area (Å²) in [5.74, 6) is -1.50. The van der Waals surface area contributed by atoms with Gasteiger partial charge in [-0.15, -0.1) is 4.28 Å². The average Bonchev–Trinajstić information content (AvgIpc) is 3.01. The zero-order valence-electron chi connectivity index (χ0n) is 23.0. The van der Waals surface area contributed by atoms with Crippen molar-refractivity contribution < 1.29 is 45.5 Å². The molecule has 1 heterocycles. The first kappa shape index (κ1) is 31.3. The van der Waals surface area contributed by atoms with Gasteiger partial charge in [0.2, 0.25) is 5.91 Å². The molecule has 0 spiro atoms. The van der Waals surface area contributed by atoms with Crippen LogP contribution in [0.2, 0.25) is 0 Å². The number of hydrogen-bond acceptors (Lipinski definition) is 10. The molecule has 2 atom stereocenters. The molecule has 2 aliphatic rings. The zero-order valence-corrected chi connectivity index (χ0v) is 23.8. The second-order valence-electron chi connectivity index (χ2n) is 10.7. The van der Waals surface area contributed by atoms with Crippen LogP contribution in [-0.4, -0.2) is 74.1 Å². The number of fused-ring (bicyclic) bond motifs is 1. The molecule has 2 fully saturated rings. The fourth-order valence-electron chi connectivity index (χ4n) is 4.52. The third-order valence-corrected chi connectivity index (χ3v) is 7.95. The Morgan fingerprint density at radius 1 is 1.07 bits per heavy atom. The number of carbonyl (C=O) groups excluding carboxylic acids is 4. The molecule has 1 aromatic carbocycles. The van der Waals surface area contributed by atoms with Crippen LogP contribution in [0.1, 0.15) is 64.4 Å². The fourth-order valence-corrected chi connectivity index (χ4v) is 5.39. The van der Waals surface area contributed by atoms with Crippen LogP contribution in [0.5, 0.6) is 0 Å². The third-order valence-electron chi connectivity index (χ3n) is 7.20. The summed E-state index contributed by atoms with van der Waals surface area (Å²) in [5, 5.41) is 0.626. The number of nitrogens with two attached hydrogens (primary N) is 1. The molecule has 222 valence electrons. The highest BCUT2D eigenvalue weighted by Gasteiger charge is 2.67. The van der Waals surface area contributed by atoms with Crippen LogP contribution in [0.25, 0.3) is 0 Å². The summed E-state index contributed by atoms with van der Waals surface area (Å²) in [6.45, 7) is 3.38. The predicted molar refractivity (Wildman–Crippen MR) is 140 cm³/mol. The highest BCUT2D eigenvalue weighted by molar-refractivity contribution is 7.81. The van der Waals surface area contributed by atoms with Gasteiger partial charge >= 0.3 is 28.4 Å². The summed E-state index contributed by atoms with van der Waals surface area (Å²) >= 11 is 0. The number of nitrogens with zero attached hydrogens (tertiary/aromatic N) is 2. The van der Waals surface area contributed by atoms with Gasteiger partial charge < -0.3 is 20.1 Å². The van der Waals surface area contributed by atoms with Gasteiger partial charge in [-0.3, -0.25) is 14.4 Å². The number of carbonyl (C=O) groups is 4. The van der Waals surface area contributed by atoms with Crippen molar-refractivity contribution in [2.24, 2.45) is 11.1 Å². The van der Waals surface area contributed by atoms with Gasteiger partial charge in [0, 0.05) is 19.9 Å². The van der Waals surface area contributed by atoms with Crippen molar-refractivity contribution in [2.45, 2.75) is 77.0 Å². The summed E-state index contributed by atoms with van der Waals surface area (Å²) in [6, 6.07) is 7.71. The minimum absolute atomic E-state index is 0.0355. The number of urea groups is 1. The van der Waals surface area contributed by atoms with Crippen molar-refractivity contribution in [3.05, 3.63) is 35.9 Å². The molecule has 1 aliphatic carbocycles. The lowest BCUT2D eigenvalue weighted by molar-refractivity contribution is -0.147. The number of hydroxylamine groups is 2. The standard InChI is InChI=1S/C26H37N3O10S/c1-25(2,15-16-36-21(30)11-7-8-12-22(31)37-17-19-9-5-4-6-10-19)18-38-40(34,35)39-29-20-13-14-26(20,23(27)32)28(3)24(29)33/h4-6,9-10,20H,7-8,11-18H2,1-3H3,(H2,27,32)/t20-,26+/m1/s1. The molecular formula is C26H37N3O10S. The topological polar surface area (TPSA) is 172 Å². The Morgan fingerprint density at radius 3 is 2.25 bits per heavy atom. The van der Waals surface area contributed by atoms with E-state index in [1.54, 1.807) is 13.8 Å². The smallest absolute Gasteiger partial charge is 0.421 e. The van der Waals surface area contributed by atoms with Crippen molar-refractivity contribution in [1.82, 2.24) is 9.96 Å². The Hall–Kier alpha value is -3.23. The monoisotopic (exact) mass is 583 g/mol. The van der Waals surface area contributed by atoms with E-state index in [1.807, 2.05) is 30.3 Å². The Morgan fingerprint density at radius 2 is 1.70 bits per heavy atom. The summed E-state index contributed by atoms with van der Waals surface area (Å²) in [5.41, 5.74) is 4.33. The van der Waals surface area contributed by atoms with E-state index in [2.05, 4.69) is 0 Å². The van der Waals surface area contributed by atoms with E-state index in [1.165, 1.54) is 7.05 Å². The maximum Gasteiger partial charge on any atom is 0.421 e. The van der Waals surface area contributed by atoms with E-state index in [0.717, 1.165) is 10.5 Å². The fraction of sp³-hybridized carbons (Fsp3) is 0.615. The molecule has 3 rings (SSSR count). The molecule has 3 amide bonds. The van der Waals surface area contributed by atoms with Crippen LogP contribution in [-0.2, 0) is 49.3 Å². The minimum Gasteiger partial charge on any atom is -0.466 e. The van der Waals surface area contributed by atoms with Gasteiger partial charge in [0.25, 0.3) is 0 Å². The van der Waals surface area contributed by atoms with Crippen LogP contribution in [0.4, 0.5) is 4.79 Å². The van der Waals surface area contributed by atoms with Crippen LogP contribution in [0, 0.1) is 5.41 Å². The predicted octanol–water partition coefficient (Wildman–Crippen LogP) is 2.20. The number of rotatable bonds is 16. The maximum absolute atomic E-state index is 12.5. The van der Waals surface area contributed by atoms with Crippen molar-refractivity contribution in [2.75, 3.05) is 20.3 Å². The van der Waals surface area contributed by atoms with E-state index < -0.39 is 45.3 Å². The molecule has 1 saturated carbocycles. The van der Waals surface area contributed by atoms with E-state index >= 15 is 0 Å². The van der Waals surface area contributed by atoms with Crippen molar-refractivity contribution in [3.8, 4) is 0 Å². The van der Waals surface area contributed by atoms with Gasteiger partial charge in [-0.05, 0) is 43.1 Å². The summed E-state index contributed by atoms with van der Waals surface area (Å²) < 4.78 is 45.2. The number of primary amides is 1. The lowest BCUT2D eigenvalue weighted by Crippen LogP contribution is -2.66. The quantitative estimate of drug-likeness (QED) is 0.225. The zero-order chi connectivity index (χ0) is 29.6. The first-order valence-corrected chi connectivity index (χ1v) is 14.4. The number of benzene rings is 1. The number of amides is 3. The van der Waals surface area contributed by atoms with Gasteiger partial charge in [0.1, 0.15) is 12.1 Å². The average molecular weight is 584 g/mol. The third kappa shape index (κ3) is 7.70. The molecule has 1 aromatic rings. The van der Waals surface area contributed by atoms with Crippen LogP contribution < -0.4 is 5.73 Å². The summed E-state index contributed by atoms with van der Waals surface area (Å²) in [6.07, 6.45) is 2.23. The van der Waals surface area contributed by atoms with Gasteiger partial charge in [0.15, 0.2) is 0 Å². The first-order valence-electron chi connectivity index (χ1n) is 13.1. The highest BCUT2D eigenvalue weighted by Crippen LogP contribution is 2.46. The highest BCUT2D eigenvalue weighted by atomic mass is 32.3. The maximum atomic E-state index is 12.5. The summed E-state index contributed by atoms with van der Waals surface area (Å²) in [4.78, 5) is 49.4. The molecule has 14 heteroatoms. The van der Waals surface area contributed by atoms with E-state index in [4.69, 9.17) is 23.7 Å². The molecule has 40 heavy (non-hydrogen) atoms. The van der Waals surface area contributed by atoms with Gasteiger partial charge in [-0.2, -0.15) is 13.5 Å². The molecule has 1 aliphatic heterocycles. The Labute approximate surface area is 234 Å². The first-order chi connectivity index (χ1) is 18.8. The molecule has 13 nitrogen and oxygen atoms in total. The molecular weight excluding hydrogens is 546 g/mol. The van der Waals surface area contributed by atoms with Gasteiger partial charge in [0.05, 0.1) is 19.3 Å². The summed E-state index contributed by atoms with van der Waals surface area (Å²) in [7, 11) is -3.27. The second kappa shape index (κ2) is 13.0. The number of unbranched alkanes of at least 4 members (excludes halogenated alkanes) is 1. The molecule has 0 radical (unpaired) electrons. The van der Waals surface area contributed by atoms with Crippen molar-refractivity contribution in [3.63, 3.8) is 0 Å². The Balaban J connectivity index is 1.31. The van der Waals surface area contributed by atoms with E-state index in [-0.39, 0.29) is 38.6 Å². The van der Waals surface area contributed by atoms with Crippen LogP contribution >= 0.6 is 0 Å². The lowest BCUT2D eigenvalue weighted by atomic mass is 9.71. The van der Waals surface area contributed by atoms with Crippen molar-refractivity contribution >= 4 is 34.3 Å². The molecule has 1 saturated heterocycles. The molecule has 0 aromatic heterocycles. The van der Waals surface area contributed by atoms with Gasteiger partial charge in [-0.1, -0.05) is 44.2 Å². The second-order valence-corrected chi connectivity index (χ2v) is 11.9.